The van der Waals surface area contributed by atoms with Crippen LogP contribution in [0.4, 0.5) is 0 Å². The van der Waals surface area contributed by atoms with Gasteiger partial charge >= 0.3 is 0 Å². The molecule has 0 N–H and O–H groups in total. The molecule has 1 unspecified atom stereocenters. The number of hydrogen-bond acceptors (Lipinski definition) is 3. The summed E-state index contributed by atoms with van der Waals surface area (Å²) in [6, 6.07) is 6.21. The van der Waals surface area contributed by atoms with E-state index in [-0.39, 0.29) is 6.10 Å². The lowest BCUT2D eigenvalue weighted by Gasteiger charge is -2.26. The Bertz CT molecular complexity index is 457. The van der Waals surface area contributed by atoms with Gasteiger partial charge < -0.3 is 13.6 Å². The minimum absolute atomic E-state index is 0.255. The molecule has 5 heteroatoms. The van der Waals surface area contributed by atoms with E-state index in [2.05, 4.69) is 51.4 Å². The van der Waals surface area contributed by atoms with Crippen molar-refractivity contribution in [3.8, 4) is 11.5 Å². The first-order valence-electron chi connectivity index (χ1n) is 6.78. The zero-order chi connectivity index (χ0) is 14.3. The molecule has 0 bridgehead atoms. The smallest absolute Gasteiger partial charge is 0.242 e. The van der Waals surface area contributed by atoms with Crippen LogP contribution in [0.2, 0.25) is 39.3 Å². The monoisotopic (exact) mass is 296 g/mol. The molecular weight excluding hydrogens is 272 g/mol. The van der Waals surface area contributed by atoms with Crippen molar-refractivity contribution < 1.29 is 13.6 Å². The van der Waals surface area contributed by atoms with Crippen molar-refractivity contribution in [3.05, 3.63) is 23.8 Å². The Morgan fingerprint density at radius 3 is 1.95 bits per heavy atom. The van der Waals surface area contributed by atoms with E-state index < -0.39 is 16.6 Å². The summed E-state index contributed by atoms with van der Waals surface area (Å²) in [5.41, 5.74) is 1.19. The second kappa shape index (κ2) is 4.96. The van der Waals surface area contributed by atoms with Crippen molar-refractivity contribution in [2.75, 3.05) is 6.61 Å². The quantitative estimate of drug-likeness (QED) is 0.603. The van der Waals surface area contributed by atoms with Crippen LogP contribution in [0.3, 0.4) is 0 Å². The summed E-state index contributed by atoms with van der Waals surface area (Å²) in [5, 5.41) is 0. The highest BCUT2D eigenvalue weighted by Crippen LogP contribution is 2.38. The van der Waals surface area contributed by atoms with Gasteiger partial charge in [-0.3, -0.25) is 0 Å². The average molecular weight is 297 g/mol. The van der Waals surface area contributed by atoms with E-state index in [1.165, 1.54) is 5.56 Å². The van der Waals surface area contributed by atoms with Crippen molar-refractivity contribution >= 4 is 16.6 Å². The molecule has 0 radical (unpaired) electrons. The Balaban J connectivity index is 2.29. The molecule has 0 aliphatic carbocycles. The van der Waals surface area contributed by atoms with Gasteiger partial charge in [0, 0.05) is 0 Å². The molecule has 1 atom stereocenters. The number of epoxide rings is 1. The lowest BCUT2D eigenvalue weighted by Crippen LogP contribution is -2.32. The van der Waals surface area contributed by atoms with E-state index >= 15 is 0 Å². The molecule has 1 aliphatic rings. The van der Waals surface area contributed by atoms with Gasteiger partial charge in [0.2, 0.25) is 16.6 Å². The van der Waals surface area contributed by atoms with Gasteiger partial charge in [0.1, 0.15) is 17.6 Å². The van der Waals surface area contributed by atoms with Crippen LogP contribution in [-0.2, 0) is 4.74 Å². The molecule has 106 valence electrons. The number of ether oxygens (including phenoxy) is 1. The lowest BCUT2D eigenvalue weighted by atomic mass is 10.1. The van der Waals surface area contributed by atoms with Crippen molar-refractivity contribution in [2.24, 2.45) is 0 Å². The normalized spacial score (nSPS) is 19.2. The molecule has 3 nitrogen and oxygen atoms in total. The maximum absolute atomic E-state index is 6.18. The Kier molecular flexibility index (Phi) is 3.81. The van der Waals surface area contributed by atoms with Gasteiger partial charge in [0.15, 0.2) is 0 Å². The molecule has 19 heavy (non-hydrogen) atoms. The Morgan fingerprint density at radius 1 is 0.947 bits per heavy atom. The highest BCUT2D eigenvalue weighted by Gasteiger charge is 2.28. The van der Waals surface area contributed by atoms with Gasteiger partial charge in [-0.05, 0) is 57.0 Å². The molecule has 0 amide bonds. The van der Waals surface area contributed by atoms with E-state index in [4.69, 9.17) is 13.6 Å². The van der Waals surface area contributed by atoms with Crippen LogP contribution in [0, 0.1) is 0 Å². The second-order valence-corrected chi connectivity index (χ2v) is 15.8. The van der Waals surface area contributed by atoms with Gasteiger partial charge in [-0.1, -0.05) is 6.07 Å². The maximum Gasteiger partial charge on any atom is 0.242 e. The highest BCUT2D eigenvalue weighted by molar-refractivity contribution is 6.71. The predicted octanol–water partition coefficient (Wildman–Crippen LogP) is 4.19. The van der Waals surface area contributed by atoms with Gasteiger partial charge in [-0.2, -0.15) is 0 Å². The van der Waals surface area contributed by atoms with E-state index in [0.29, 0.717) is 0 Å². The van der Waals surface area contributed by atoms with Crippen LogP contribution >= 0.6 is 0 Å². The second-order valence-electron chi connectivity index (χ2n) is 6.96. The fourth-order valence-electron chi connectivity index (χ4n) is 1.79. The standard InChI is InChI=1S/C14H24O3Si2/c1-18(2,3)16-12-8-7-11(14-10-15-14)9-13(12)17-19(4,5)6/h7-9,14H,10H2,1-6H3. The van der Waals surface area contributed by atoms with Gasteiger partial charge in [-0.25, -0.2) is 0 Å². The summed E-state index contributed by atoms with van der Waals surface area (Å²) in [6.07, 6.45) is 0.255. The van der Waals surface area contributed by atoms with Crippen LogP contribution < -0.4 is 8.85 Å². The number of hydrogen-bond donors (Lipinski definition) is 0. The SMILES string of the molecule is C[Si](C)(C)Oc1ccc(C2CO2)cc1O[Si](C)(C)C. The summed E-state index contributed by atoms with van der Waals surface area (Å²) in [7, 11) is -3.28. The summed E-state index contributed by atoms with van der Waals surface area (Å²) >= 11 is 0. The van der Waals surface area contributed by atoms with Crippen molar-refractivity contribution in [1.82, 2.24) is 0 Å². The molecule has 0 spiro atoms. The predicted molar refractivity (Wildman–Crippen MR) is 83.1 cm³/mol. The molecule has 1 aliphatic heterocycles. The van der Waals surface area contributed by atoms with Crippen LogP contribution in [0.5, 0.6) is 11.5 Å². The summed E-state index contributed by atoms with van der Waals surface area (Å²) in [5.74, 6) is 1.76. The van der Waals surface area contributed by atoms with Crippen LogP contribution in [-0.4, -0.2) is 23.2 Å². The van der Waals surface area contributed by atoms with E-state index in [9.17, 15) is 0 Å². The van der Waals surface area contributed by atoms with Crippen LogP contribution in [0.15, 0.2) is 18.2 Å². The lowest BCUT2D eigenvalue weighted by molar-refractivity contribution is 0.414. The first-order valence-corrected chi connectivity index (χ1v) is 13.6. The Morgan fingerprint density at radius 2 is 1.47 bits per heavy atom. The highest BCUT2D eigenvalue weighted by atomic mass is 28.4. The summed E-state index contributed by atoms with van der Waals surface area (Å²) in [6.45, 7) is 13.9. The molecule has 0 aromatic heterocycles. The largest absolute Gasteiger partial charge is 0.542 e. The number of benzene rings is 1. The molecule has 2 rings (SSSR count). The van der Waals surface area contributed by atoms with E-state index in [0.717, 1.165) is 18.1 Å². The fraction of sp³-hybridized carbons (Fsp3) is 0.571. The number of rotatable bonds is 5. The van der Waals surface area contributed by atoms with Gasteiger partial charge in [0.25, 0.3) is 0 Å². The van der Waals surface area contributed by atoms with Crippen LogP contribution in [0.1, 0.15) is 11.7 Å². The first kappa shape index (κ1) is 14.6. The van der Waals surface area contributed by atoms with Crippen molar-refractivity contribution in [2.45, 2.75) is 45.4 Å². The van der Waals surface area contributed by atoms with E-state index in [1.54, 1.807) is 0 Å². The molecule has 0 saturated carbocycles. The third kappa shape index (κ3) is 4.67. The van der Waals surface area contributed by atoms with Crippen LogP contribution in [0.25, 0.3) is 0 Å². The molecule has 1 aromatic rings. The zero-order valence-electron chi connectivity index (χ0n) is 12.7. The summed E-state index contributed by atoms with van der Waals surface area (Å²) < 4.78 is 17.7. The third-order valence-corrected chi connectivity index (χ3v) is 4.17. The van der Waals surface area contributed by atoms with Gasteiger partial charge in [-0.15, -0.1) is 0 Å². The maximum atomic E-state index is 6.18. The van der Waals surface area contributed by atoms with E-state index in [1.807, 2.05) is 6.07 Å². The molecule has 1 fully saturated rings. The molecule has 1 aromatic carbocycles. The topological polar surface area (TPSA) is 31.0 Å². The minimum atomic E-state index is -1.65. The molecular formula is C14H24O3Si2. The Labute approximate surface area is 118 Å². The molecule has 1 saturated heterocycles. The minimum Gasteiger partial charge on any atom is -0.542 e. The van der Waals surface area contributed by atoms with Gasteiger partial charge in [0.05, 0.1) is 6.61 Å². The average Bonchev–Trinajstić information content (AvgIpc) is 2.99. The fourth-order valence-corrected chi connectivity index (χ4v) is 3.44. The first-order chi connectivity index (χ1) is 8.64. The van der Waals surface area contributed by atoms with Crippen molar-refractivity contribution in [1.29, 1.82) is 0 Å². The molecule has 1 heterocycles. The Hall–Kier alpha value is -0.786. The zero-order valence-corrected chi connectivity index (χ0v) is 14.7. The van der Waals surface area contributed by atoms with Crippen molar-refractivity contribution in [3.63, 3.8) is 0 Å². The summed E-state index contributed by atoms with van der Waals surface area (Å²) in [4.78, 5) is 0. The third-order valence-electron chi connectivity index (χ3n) is 2.51.